The number of anilines is 1. The van der Waals surface area contributed by atoms with Crippen molar-refractivity contribution in [3.8, 4) is 22.0 Å². The summed E-state index contributed by atoms with van der Waals surface area (Å²) < 4.78 is 1.96. The molecule has 0 spiro atoms. The number of carbonyl (C=O) groups excluding carboxylic acids is 1. The maximum absolute atomic E-state index is 11.9. The third-order valence-electron chi connectivity index (χ3n) is 3.42. The molecule has 0 fully saturated rings. The van der Waals surface area contributed by atoms with Crippen LogP contribution in [0.15, 0.2) is 42.7 Å². The number of amides is 1. The van der Waals surface area contributed by atoms with Gasteiger partial charge in [-0.3, -0.25) is 4.79 Å². The molecule has 0 aliphatic carbocycles. The number of hydrogen-bond donors (Lipinski definition) is 1. The van der Waals surface area contributed by atoms with E-state index in [2.05, 4.69) is 15.3 Å². The van der Waals surface area contributed by atoms with Gasteiger partial charge in [-0.05, 0) is 6.42 Å². The molecule has 1 amide bonds. The summed E-state index contributed by atoms with van der Waals surface area (Å²) in [5, 5.41) is 3.50. The highest BCUT2D eigenvalue weighted by atomic mass is 32.1. The number of rotatable bonds is 5. The van der Waals surface area contributed by atoms with Gasteiger partial charge in [-0.2, -0.15) is 0 Å². The molecule has 0 saturated heterocycles. The minimum Gasteiger partial charge on any atom is -0.333 e. The molecule has 2 aromatic heterocycles. The van der Waals surface area contributed by atoms with Gasteiger partial charge in [0.15, 0.2) is 11.0 Å². The lowest BCUT2D eigenvalue weighted by Gasteiger charge is -2.02. The molecule has 5 nitrogen and oxygen atoms in total. The van der Waals surface area contributed by atoms with E-state index >= 15 is 0 Å². The summed E-state index contributed by atoms with van der Waals surface area (Å²) >= 11 is 1.45. The topological polar surface area (TPSA) is 59.8 Å². The predicted octanol–water partition coefficient (Wildman–Crippen LogP) is 3.95. The Morgan fingerprint density at radius 3 is 2.74 bits per heavy atom. The SMILES string of the molecule is CCCC(=O)Nc1nc(-c2ccccc2)c(-c2nccn2C)s1. The summed E-state index contributed by atoms with van der Waals surface area (Å²) in [6.07, 6.45) is 4.98. The quantitative estimate of drug-likeness (QED) is 0.772. The molecular formula is C17H18N4OS. The van der Waals surface area contributed by atoms with Crippen molar-refractivity contribution in [2.75, 3.05) is 5.32 Å². The van der Waals surface area contributed by atoms with Gasteiger partial charge in [0.25, 0.3) is 0 Å². The molecule has 0 atom stereocenters. The molecule has 0 aliphatic heterocycles. The molecule has 1 aromatic carbocycles. The third-order valence-corrected chi connectivity index (χ3v) is 4.39. The average molecular weight is 326 g/mol. The van der Waals surface area contributed by atoms with Crippen LogP contribution < -0.4 is 5.32 Å². The predicted molar refractivity (Wildman–Crippen MR) is 93.3 cm³/mol. The van der Waals surface area contributed by atoms with E-state index < -0.39 is 0 Å². The third kappa shape index (κ3) is 3.32. The first kappa shape index (κ1) is 15.4. The minimum absolute atomic E-state index is 0.00717. The normalized spacial score (nSPS) is 10.7. The number of aryl methyl sites for hydroxylation is 1. The molecule has 0 radical (unpaired) electrons. The first-order chi connectivity index (χ1) is 11.2. The monoisotopic (exact) mass is 326 g/mol. The van der Waals surface area contributed by atoms with Gasteiger partial charge in [0.2, 0.25) is 5.91 Å². The minimum atomic E-state index is -0.00717. The summed E-state index contributed by atoms with van der Waals surface area (Å²) in [4.78, 5) is 21.9. The van der Waals surface area contributed by atoms with E-state index in [4.69, 9.17) is 0 Å². The van der Waals surface area contributed by atoms with E-state index in [9.17, 15) is 4.79 Å². The maximum atomic E-state index is 11.9. The number of hydrogen-bond acceptors (Lipinski definition) is 4. The van der Waals surface area contributed by atoms with Crippen molar-refractivity contribution in [3.05, 3.63) is 42.7 Å². The second-order valence-electron chi connectivity index (χ2n) is 5.22. The summed E-state index contributed by atoms with van der Waals surface area (Å²) in [6, 6.07) is 9.96. The zero-order valence-corrected chi connectivity index (χ0v) is 13.9. The highest BCUT2D eigenvalue weighted by Gasteiger charge is 2.18. The van der Waals surface area contributed by atoms with Gasteiger partial charge in [-0.1, -0.05) is 48.6 Å². The lowest BCUT2D eigenvalue weighted by Crippen LogP contribution is -2.10. The molecule has 3 rings (SSSR count). The molecule has 3 aromatic rings. The highest BCUT2D eigenvalue weighted by molar-refractivity contribution is 7.19. The van der Waals surface area contributed by atoms with Crippen molar-refractivity contribution in [2.45, 2.75) is 19.8 Å². The van der Waals surface area contributed by atoms with Crippen LogP contribution in [0.3, 0.4) is 0 Å². The Morgan fingerprint density at radius 2 is 2.09 bits per heavy atom. The number of carbonyl (C=O) groups is 1. The first-order valence-corrected chi connectivity index (χ1v) is 8.34. The number of thiazole rings is 1. The zero-order valence-electron chi connectivity index (χ0n) is 13.1. The number of imidazole rings is 1. The summed E-state index contributed by atoms with van der Waals surface area (Å²) in [7, 11) is 1.95. The van der Waals surface area contributed by atoms with Gasteiger partial charge in [0.05, 0.1) is 10.6 Å². The Balaban J connectivity index is 2.04. The zero-order chi connectivity index (χ0) is 16.2. The van der Waals surface area contributed by atoms with Gasteiger partial charge in [0, 0.05) is 31.4 Å². The van der Waals surface area contributed by atoms with Gasteiger partial charge in [-0.25, -0.2) is 9.97 Å². The van der Waals surface area contributed by atoms with E-state index in [1.807, 2.05) is 55.1 Å². The fraction of sp³-hybridized carbons (Fsp3) is 0.235. The Hall–Kier alpha value is -2.47. The van der Waals surface area contributed by atoms with E-state index in [1.165, 1.54) is 11.3 Å². The van der Waals surface area contributed by atoms with Crippen LogP contribution >= 0.6 is 11.3 Å². The van der Waals surface area contributed by atoms with Crippen molar-refractivity contribution < 1.29 is 4.79 Å². The fourth-order valence-corrected chi connectivity index (χ4v) is 3.35. The molecule has 0 aliphatic rings. The Morgan fingerprint density at radius 1 is 1.30 bits per heavy atom. The van der Waals surface area contributed by atoms with Crippen molar-refractivity contribution in [1.82, 2.24) is 14.5 Å². The van der Waals surface area contributed by atoms with Crippen molar-refractivity contribution in [2.24, 2.45) is 7.05 Å². The number of nitrogens with one attached hydrogen (secondary N) is 1. The van der Waals surface area contributed by atoms with Crippen molar-refractivity contribution in [3.63, 3.8) is 0 Å². The lowest BCUT2D eigenvalue weighted by molar-refractivity contribution is -0.116. The molecule has 2 heterocycles. The second-order valence-corrected chi connectivity index (χ2v) is 6.22. The lowest BCUT2D eigenvalue weighted by atomic mass is 10.1. The van der Waals surface area contributed by atoms with Gasteiger partial charge < -0.3 is 9.88 Å². The molecule has 0 bridgehead atoms. The second kappa shape index (κ2) is 6.75. The van der Waals surface area contributed by atoms with Crippen LogP contribution in [0.2, 0.25) is 0 Å². The van der Waals surface area contributed by atoms with E-state index in [-0.39, 0.29) is 5.91 Å². The summed E-state index contributed by atoms with van der Waals surface area (Å²) in [5.74, 6) is 0.838. The van der Waals surface area contributed by atoms with Gasteiger partial charge >= 0.3 is 0 Å². The van der Waals surface area contributed by atoms with Crippen LogP contribution in [0.25, 0.3) is 22.0 Å². The van der Waals surface area contributed by atoms with E-state index in [0.717, 1.165) is 28.4 Å². The van der Waals surface area contributed by atoms with Gasteiger partial charge in [0.1, 0.15) is 0 Å². The number of aromatic nitrogens is 3. The molecular weight excluding hydrogens is 308 g/mol. The molecule has 0 saturated carbocycles. The Kier molecular flexibility index (Phi) is 4.52. The Labute approximate surface area is 139 Å². The van der Waals surface area contributed by atoms with E-state index in [1.54, 1.807) is 6.20 Å². The summed E-state index contributed by atoms with van der Waals surface area (Å²) in [6.45, 7) is 1.98. The van der Waals surface area contributed by atoms with Crippen molar-refractivity contribution >= 4 is 22.4 Å². The highest BCUT2D eigenvalue weighted by Crippen LogP contribution is 2.38. The molecule has 6 heteroatoms. The van der Waals surface area contributed by atoms with Crippen LogP contribution in [0.1, 0.15) is 19.8 Å². The summed E-state index contributed by atoms with van der Waals surface area (Å²) in [5.41, 5.74) is 1.86. The van der Waals surface area contributed by atoms with Crippen LogP contribution in [-0.2, 0) is 11.8 Å². The number of benzene rings is 1. The Bertz CT molecular complexity index is 807. The average Bonchev–Trinajstić information content (AvgIpc) is 3.14. The van der Waals surface area contributed by atoms with E-state index in [0.29, 0.717) is 11.6 Å². The largest absolute Gasteiger partial charge is 0.333 e. The molecule has 0 unspecified atom stereocenters. The first-order valence-electron chi connectivity index (χ1n) is 7.53. The van der Waals surface area contributed by atoms with Crippen LogP contribution in [0, 0.1) is 0 Å². The molecule has 1 N–H and O–H groups in total. The van der Waals surface area contributed by atoms with Crippen molar-refractivity contribution in [1.29, 1.82) is 0 Å². The van der Waals surface area contributed by atoms with Crippen LogP contribution in [-0.4, -0.2) is 20.4 Å². The smallest absolute Gasteiger partial charge is 0.226 e. The number of nitrogens with zero attached hydrogens (tertiary/aromatic N) is 3. The van der Waals surface area contributed by atoms with Crippen LogP contribution in [0.5, 0.6) is 0 Å². The fourth-order valence-electron chi connectivity index (χ4n) is 2.31. The van der Waals surface area contributed by atoms with Gasteiger partial charge in [-0.15, -0.1) is 0 Å². The maximum Gasteiger partial charge on any atom is 0.226 e. The van der Waals surface area contributed by atoms with Crippen LogP contribution in [0.4, 0.5) is 5.13 Å². The standard InChI is InChI=1S/C17H18N4OS/c1-3-7-13(22)19-17-20-14(12-8-5-4-6-9-12)15(23-17)16-18-10-11-21(16)2/h4-6,8-11H,3,7H2,1-2H3,(H,19,20,22). The molecule has 23 heavy (non-hydrogen) atoms. The molecule has 118 valence electrons.